The summed E-state index contributed by atoms with van der Waals surface area (Å²) in [6.45, 7) is 1.67. The fraction of sp³-hybridized carbons (Fsp3) is 0.250. The van der Waals surface area contributed by atoms with E-state index in [0.29, 0.717) is 6.07 Å². The highest BCUT2D eigenvalue weighted by atomic mass is 19.1. The summed E-state index contributed by atoms with van der Waals surface area (Å²) < 4.78 is 13.4. The third kappa shape index (κ3) is 3.42. The Kier molecular flexibility index (Phi) is 4.42. The minimum atomic E-state index is -1.50. The van der Waals surface area contributed by atoms with E-state index in [4.69, 9.17) is 11.5 Å². The minimum Gasteiger partial charge on any atom is -0.478 e. The number of rotatable bonds is 5. The van der Waals surface area contributed by atoms with Crippen LogP contribution in [0.5, 0.6) is 0 Å². The highest BCUT2D eigenvalue weighted by Gasteiger charge is 2.22. The molecule has 0 aliphatic rings. The van der Waals surface area contributed by atoms with E-state index in [1.165, 1.54) is 0 Å². The molecule has 0 heterocycles. The summed E-state index contributed by atoms with van der Waals surface area (Å²) in [6, 6.07) is 1.16. The first-order valence-corrected chi connectivity index (χ1v) is 5.28. The summed E-state index contributed by atoms with van der Waals surface area (Å²) in [6.07, 6.45) is 5.39. The van der Waals surface area contributed by atoms with E-state index in [9.17, 15) is 19.3 Å². The second-order valence-electron chi connectivity index (χ2n) is 3.87. The van der Waals surface area contributed by atoms with Gasteiger partial charge in [0.05, 0.1) is 16.6 Å². The molecule has 1 unspecified atom stereocenters. The molecule has 2 N–H and O–H groups in total. The number of benzene rings is 1. The van der Waals surface area contributed by atoms with Gasteiger partial charge in [-0.3, -0.25) is 10.1 Å². The molecule has 0 fully saturated rings. The van der Waals surface area contributed by atoms with Gasteiger partial charge in [-0.05, 0) is 13.0 Å². The van der Waals surface area contributed by atoms with Crippen molar-refractivity contribution in [2.75, 3.05) is 5.32 Å². The van der Waals surface area contributed by atoms with Crippen molar-refractivity contribution in [3.8, 4) is 12.3 Å². The summed E-state index contributed by atoms with van der Waals surface area (Å²) in [4.78, 5) is 20.8. The molecule has 0 saturated carbocycles. The van der Waals surface area contributed by atoms with Crippen LogP contribution < -0.4 is 5.32 Å². The number of nitro benzene ring substituents is 1. The normalized spacial score (nSPS) is 11.4. The second kappa shape index (κ2) is 5.82. The zero-order valence-electron chi connectivity index (χ0n) is 10.0. The first-order chi connectivity index (χ1) is 8.86. The Morgan fingerprint density at radius 2 is 2.32 bits per heavy atom. The molecule has 1 atom stereocenters. The number of nitro groups is 1. The van der Waals surface area contributed by atoms with Crippen molar-refractivity contribution in [1.82, 2.24) is 0 Å². The summed E-state index contributed by atoms with van der Waals surface area (Å²) in [7, 11) is 0. The molecule has 0 spiro atoms. The predicted molar refractivity (Wildman–Crippen MR) is 66.5 cm³/mol. The van der Waals surface area contributed by atoms with Gasteiger partial charge < -0.3 is 10.4 Å². The number of halogens is 1. The van der Waals surface area contributed by atoms with E-state index in [-0.39, 0.29) is 18.2 Å². The molecule has 0 saturated heterocycles. The lowest BCUT2D eigenvalue weighted by Gasteiger charge is -2.13. The monoisotopic (exact) mass is 266 g/mol. The lowest BCUT2D eigenvalue weighted by molar-refractivity contribution is -0.384. The van der Waals surface area contributed by atoms with Crippen molar-refractivity contribution in [1.29, 1.82) is 0 Å². The molecule has 19 heavy (non-hydrogen) atoms. The van der Waals surface area contributed by atoms with E-state index in [0.717, 1.165) is 6.07 Å². The molecule has 0 radical (unpaired) electrons. The van der Waals surface area contributed by atoms with Gasteiger partial charge in [-0.1, -0.05) is 0 Å². The number of hydrogen-bond donors (Lipinski definition) is 2. The Morgan fingerprint density at radius 1 is 1.68 bits per heavy atom. The fourth-order valence-electron chi connectivity index (χ4n) is 1.49. The third-order valence-electron chi connectivity index (χ3n) is 2.34. The number of anilines is 1. The molecule has 0 aliphatic carbocycles. The third-order valence-corrected chi connectivity index (χ3v) is 2.34. The van der Waals surface area contributed by atoms with Gasteiger partial charge in [0.25, 0.3) is 5.69 Å². The molecular weight excluding hydrogens is 255 g/mol. The van der Waals surface area contributed by atoms with Crippen LogP contribution in [0.15, 0.2) is 12.1 Å². The van der Waals surface area contributed by atoms with Gasteiger partial charge in [-0.15, -0.1) is 12.3 Å². The number of terminal acetylenes is 1. The zero-order chi connectivity index (χ0) is 14.6. The Balaban J connectivity index is 3.26. The number of aromatic carboxylic acids is 1. The van der Waals surface area contributed by atoms with Gasteiger partial charge in [-0.25, -0.2) is 9.18 Å². The van der Waals surface area contributed by atoms with Crippen molar-refractivity contribution in [2.45, 2.75) is 19.4 Å². The average Bonchev–Trinajstić information content (AvgIpc) is 2.30. The predicted octanol–water partition coefficient (Wildman–Crippen LogP) is 2.26. The Labute approximate surface area is 108 Å². The maximum absolute atomic E-state index is 13.4. The zero-order valence-corrected chi connectivity index (χ0v) is 10.0. The van der Waals surface area contributed by atoms with Gasteiger partial charge in [0.1, 0.15) is 11.5 Å². The van der Waals surface area contributed by atoms with Crippen LogP contribution in [-0.4, -0.2) is 22.0 Å². The number of hydrogen-bond acceptors (Lipinski definition) is 4. The van der Waals surface area contributed by atoms with Crippen molar-refractivity contribution in [2.24, 2.45) is 0 Å². The number of nitrogens with one attached hydrogen (secondary N) is 1. The number of nitrogens with zero attached hydrogens (tertiary/aromatic N) is 1. The van der Waals surface area contributed by atoms with Gasteiger partial charge in [0.2, 0.25) is 0 Å². The molecule has 1 aromatic carbocycles. The van der Waals surface area contributed by atoms with Crippen molar-refractivity contribution < 1.29 is 19.2 Å². The van der Waals surface area contributed by atoms with E-state index < -0.39 is 28.0 Å². The van der Waals surface area contributed by atoms with Crippen molar-refractivity contribution in [3.63, 3.8) is 0 Å². The Hall–Kier alpha value is -2.62. The molecular formula is C12H11FN2O4. The highest BCUT2D eigenvalue weighted by Crippen LogP contribution is 2.28. The molecule has 6 nitrogen and oxygen atoms in total. The van der Waals surface area contributed by atoms with Gasteiger partial charge in [0.15, 0.2) is 0 Å². The Bertz CT molecular complexity index is 566. The van der Waals surface area contributed by atoms with Gasteiger partial charge in [0, 0.05) is 12.5 Å². The van der Waals surface area contributed by atoms with Crippen LogP contribution in [0.4, 0.5) is 15.8 Å². The first-order valence-electron chi connectivity index (χ1n) is 5.28. The summed E-state index contributed by atoms with van der Waals surface area (Å²) in [5, 5.41) is 22.3. The van der Waals surface area contributed by atoms with Crippen LogP contribution >= 0.6 is 0 Å². The lowest BCUT2D eigenvalue weighted by atomic mass is 10.1. The number of carbonyl (C=O) groups is 1. The van der Waals surface area contributed by atoms with E-state index in [1.807, 2.05) is 0 Å². The molecule has 0 amide bonds. The topological polar surface area (TPSA) is 92.5 Å². The highest BCUT2D eigenvalue weighted by molar-refractivity contribution is 5.90. The quantitative estimate of drug-likeness (QED) is 0.484. The standard InChI is InChI=1S/C12H11FN2O4/c1-3-4-7(2)14-10-5-8(12(16)17)9(13)6-11(10)15(18)19/h1,5-7,14H,4H2,2H3,(H,16,17). The molecule has 0 aliphatic heterocycles. The van der Waals surface area contributed by atoms with E-state index in [1.54, 1.807) is 6.92 Å². The first kappa shape index (κ1) is 14.4. The molecule has 1 aromatic rings. The van der Waals surface area contributed by atoms with Crippen LogP contribution in [-0.2, 0) is 0 Å². The fourth-order valence-corrected chi connectivity index (χ4v) is 1.49. The van der Waals surface area contributed by atoms with Crippen LogP contribution in [0.1, 0.15) is 23.7 Å². The molecule has 100 valence electrons. The van der Waals surface area contributed by atoms with Crippen molar-refractivity contribution >= 4 is 17.3 Å². The van der Waals surface area contributed by atoms with E-state index >= 15 is 0 Å². The molecule has 0 aromatic heterocycles. The summed E-state index contributed by atoms with van der Waals surface area (Å²) in [5.41, 5.74) is -1.25. The largest absolute Gasteiger partial charge is 0.478 e. The lowest BCUT2D eigenvalue weighted by Crippen LogP contribution is -2.16. The van der Waals surface area contributed by atoms with Crippen LogP contribution in [0.3, 0.4) is 0 Å². The minimum absolute atomic E-state index is 0.0773. The summed E-state index contributed by atoms with van der Waals surface area (Å²) in [5.74, 6) is -0.296. The number of carboxylic acid groups (broad SMARTS) is 1. The van der Waals surface area contributed by atoms with Crippen LogP contribution in [0, 0.1) is 28.3 Å². The smallest absolute Gasteiger partial charge is 0.338 e. The van der Waals surface area contributed by atoms with Gasteiger partial charge >= 0.3 is 5.97 Å². The second-order valence-corrected chi connectivity index (χ2v) is 3.87. The molecule has 1 rings (SSSR count). The summed E-state index contributed by atoms with van der Waals surface area (Å²) >= 11 is 0. The Morgan fingerprint density at radius 3 is 2.79 bits per heavy atom. The number of carboxylic acids is 1. The SMILES string of the molecule is C#CCC(C)Nc1cc(C(=O)O)c(F)cc1[N+](=O)[O-]. The molecule has 0 bridgehead atoms. The molecule has 7 heteroatoms. The average molecular weight is 266 g/mol. The maximum Gasteiger partial charge on any atom is 0.338 e. The van der Waals surface area contributed by atoms with Crippen LogP contribution in [0.2, 0.25) is 0 Å². The van der Waals surface area contributed by atoms with Crippen molar-refractivity contribution in [3.05, 3.63) is 33.6 Å². The van der Waals surface area contributed by atoms with Crippen LogP contribution in [0.25, 0.3) is 0 Å². The maximum atomic E-state index is 13.4. The van der Waals surface area contributed by atoms with Gasteiger partial charge in [-0.2, -0.15) is 0 Å². The van der Waals surface area contributed by atoms with E-state index in [2.05, 4.69) is 11.2 Å².